The van der Waals surface area contributed by atoms with Gasteiger partial charge in [0.25, 0.3) is 0 Å². The first kappa shape index (κ1) is 13.7. The molecular formula is C15H14FN3O. The highest BCUT2D eigenvalue weighted by Gasteiger charge is 2.12. The maximum atomic E-state index is 13.5. The lowest BCUT2D eigenvalue weighted by Crippen LogP contribution is -2.08. The van der Waals surface area contributed by atoms with Gasteiger partial charge in [-0.15, -0.1) is 0 Å². The van der Waals surface area contributed by atoms with E-state index in [0.717, 1.165) is 5.69 Å². The molecule has 0 aliphatic heterocycles. The van der Waals surface area contributed by atoms with E-state index in [9.17, 15) is 4.39 Å². The van der Waals surface area contributed by atoms with Crippen LogP contribution in [0, 0.1) is 17.1 Å². The minimum Gasteiger partial charge on any atom is -0.454 e. The average molecular weight is 271 g/mol. The molecule has 2 N–H and O–H groups in total. The number of nitrogens with zero attached hydrogens (tertiary/aromatic N) is 2. The van der Waals surface area contributed by atoms with Crippen LogP contribution in [0.4, 0.5) is 15.8 Å². The van der Waals surface area contributed by atoms with E-state index in [1.165, 1.54) is 18.2 Å². The summed E-state index contributed by atoms with van der Waals surface area (Å²) in [5.41, 5.74) is 7.02. The summed E-state index contributed by atoms with van der Waals surface area (Å²) < 4.78 is 19.1. The van der Waals surface area contributed by atoms with E-state index in [-0.39, 0.29) is 11.3 Å². The Morgan fingerprint density at radius 1 is 1.20 bits per heavy atom. The molecule has 0 unspecified atom stereocenters. The minimum absolute atomic E-state index is 0.137. The molecule has 0 heterocycles. The molecule has 2 aromatic carbocycles. The summed E-state index contributed by atoms with van der Waals surface area (Å²) in [4.78, 5) is 1.89. The van der Waals surface area contributed by atoms with Crippen molar-refractivity contribution in [2.75, 3.05) is 24.7 Å². The van der Waals surface area contributed by atoms with Crippen molar-refractivity contribution in [3.8, 4) is 17.6 Å². The standard InChI is InChI=1S/C15H14FN3O/c1-19(2)10-6-7-13(18)15(8-10)20-14-5-3-4-12(16)11(14)9-17/h3-8H,18H2,1-2H3. The van der Waals surface area contributed by atoms with Gasteiger partial charge in [-0.2, -0.15) is 5.26 Å². The monoisotopic (exact) mass is 271 g/mol. The number of hydrogen-bond donors (Lipinski definition) is 1. The lowest BCUT2D eigenvalue weighted by Gasteiger charge is -2.16. The van der Waals surface area contributed by atoms with Crippen LogP contribution in [0.5, 0.6) is 11.5 Å². The van der Waals surface area contributed by atoms with Gasteiger partial charge in [0, 0.05) is 25.8 Å². The van der Waals surface area contributed by atoms with Crippen LogP contribution in [0.2, 0.25) is 0 Å². The van der Waals surface area contributed by atoms with Crippen molar-refractivity contribution >= 4 is 11.4 Å². The molecule has 0 atom stereocenters. The topological polar surface area (TPSA) is 62.3 Å². The highest BCUT2D eigenvalue weighted by Crippen LogP contribution is 2.33. The van der Waals surface area contributed by atoms with Crippen LogP contribution in [0.25, 0.3) is 0 Å². The van der Waals surface area contributed by atoms with Crippen molar-refractivity contribution in [2.24, 2.45) is 0 Å². The third-order valence-corrected chi connectivity index (χ3v) is 2.82. The van der Waals surface area contributed by atoms with E-state index in [1.807, 2.05) is 25.1 Å². The Labute approximate surface area is 116 Å². The first-order valence-corrected chi connectivity index (χ1v) is 5.96. The number of ether oxygens (including phenoxy) is 1. The lowest BCUT2D eigenvalue weighted by molar-refractivity contribution is 0.476. The van der Waals surface area contributed by atoms with Gasteiger partial charge in [0.2, 0.25) is 0 Å². The molecule has 2 rings (SSSR count). The Morgan fingerprint density at radius 3 is 2.60 bits per heavy atom. The summed E-state index contributed by atoms with van der Waals surface area (Å²) >= 11 is 0. The van der Waals surface area contributed by atoms with Crippen molar-refractivity contribution in [3.05, 3.63) is 47.8 Å². The fourth-order valence-electron chi connectivity index (χ4n) is 1.71. The van der Waals surface area contributed by atoms with Crippen molar-refractivity contribution in [2.45, 2.75) is 0 Å². The Hall–Kier alpha value is -2.74. The molecule has 20 heavy (non-hydrogen) atoms. The smallest absolute Gasteiger partial charge is 0.152 e. The molecule has 0 bridgehead atoms. The number of nitrogen functional groups attached to an aromatic ring is 1. The molecule has 4 nitrogen and oxygen atoms in total. The van der Waals surface area contributed by atoms with Crippen LogP contribution in [-0.4, -0.2) is 14.1 Å². The largest absolute Gasteiger partial charge is 0.454 e. The van der Waals surface area contributed by atoms with Gasteiger partial charge in [-0.25, -0.2) is 4.39 Å². The number of rotatable bonds is 3. The molecule has 102 valence electrons. The predicted octanol–water partition coefficient (Wildman–Crippen LogP) is 3.14. The Morgan fingerprint density at radius 2 is 1.95 bits per heavy atom. The molecule has 0 radical (unpaired) electrons. The molecule has 0 saturated heterocycles. The SMILES string of the molecule is CN(C)c1ccc(N)c(Oc2cccc(F)c2C#N)c1. The van der Waals surface area contributed by atoms with Crippen molar-refractivity contribution in [1.29, 1.82) is 5.26 Å². The molecule has 0 saturated carbocycles. The van der Waals surface area contributed by atoms with E-state index >= 15 is 0 Å². The number of hydrogen-bond acceptors (Lipinski definition) is 4. The molecular weight excluding hydrogens is 257 g/mol. The van der Waals surface area contributed by atoms with Crippen LogP contribution in [0.15, 0.2) is 36.4 Å². The summed E-state index contributed by atoms with van der Waals surface area (Å²) in [5, 5.41) is 8.98. The van der Waals surface area contributed by atoms with Crippen molar-refractivity contribution in [1.82, 2.24) is 0 Å². The minimum atomic E-state index is -0.618. The number of nitriles is 1. The van der Waals surface area contributed by atoms with Crippen LogP contribution in [0.3, 0.4) is 0 Å². The van der Waals surface area contributed by atoms with Gasteiger partial charge in [0.15, 0.2) is 5.75 Å². The first-order valence-electron chi connectivity index (χ1n) is 5.96. The highest BCUT2D eigenvalue weighted by atomic mass is 19.1. The van der Waals surface area contributed by atoms with Gasteiger partial charge in [0.1, 0.15) is 23.2 Å². The maximum Gasteiger partial charge on any atom is 0.152 e. The first-order chi connectivity index (χ1) is 9.52. The molecule has 0 amide bonds. The van der Waals surface area contributed by atoms with Gasteiger partial charge < -0.3 is 15.4 Å². The molecule has 0 aromatic heterocycles. The predicted molar refractivity (Wildman–Crippen MR) is 76.4 cm³/mol. The van der Waals surface area contributed by atoms with Crippen LogP contribution >= 0.6 is 0 Å². The van der Waals surface area contributed by atoms with Crippen LogP contribution in [-0.2, 0) is 0 Å². The second-order valence-corrected chi connectivity index (χ2v) is 4.44. The second kappa shape index (κ2) is 5.49. The van der Waals surface area contributed by atoms with E-state index in [0.29, 0.717) is 11.4 Å². The number of anilines is 2. The fraction of sp³-hybridized carbons (Fsp3) is 0.133. The molecule has 0 aliphatic carbocycles. The number of nitrogens with two attached hydrogens (primary N) is 1. The third-order valence-electron chi connectivity index (χ3n) is 2.82. The Kier molecular flexibility index (Phi) is 3.76. The van der Waals surface area contributed by atoms with Crippen molar-refractivity contribution in [3.63, 3.8) is 0 Å². The van der Waals surface area contributed by atoms with E-state index in [4.69, 9.17) is 15.7 Å². The lowest BCUT2D eigenvalue weighted by atomic mass is 10.2. The van der Waals surface area contributed by atoms with Gasteiger partial charge >= 0.3 is 0 Å². The zero-order valence-corrected chi connectivity index (χ0v) is 11.2. The van der Waals surface area contributed by atoms with Gasteiger partial charge in [-0.3, -0.25) is 0 Å². The summed E-state index contributed by atoms with van der Waals surface area (Å²) in [6, 6.07) is 11.3. The molecule has 0 spiro atoms. The molecule has 5 heteroatoms. The third kappa shape index (κ3) is 2.64. The molecule has 0 aliphatic rings. The summed E-state index contributed by atoms with van der Waals surface area (Å²) in [5.74, 6) is -0.0826. The van der Waals surface area contributed by atoms with E-state index in [2.05, 4.69) is 0 Å². The zero-order chi connectivity index (χ0) is 14.7. The van der Waals surface area contributed by atoms with Gasteiger partial charge in [0.05, 0.1) is 5.69 Å². The number of benzene rings is 2. The quantitative estimate of drug-likeness (QED) is 0.871. The summed E-state index contributed by atoms with van der Waals surface area (Å²) in [6.07, 6.45) is 0. The Balaban J connectivity index is 2.43. The second-order valence-electron chi connectivity index (χ2n) is 4.44. The average Bonchev–Trinajstić information content (AvgIpc) is 2.41. The normalized spacial score (nSPS) is 9.90. The van der Waals surface area contributed by atoms with Crippen LogP contribution in [0.1, 0.15) is 5.56 Å². The highest BCUT2D eigenvalue weighted by molar-refractivity contribution is 5.63. The maximum absolute atomic E-state index is 13.5. The summed E-state index contributed by atoms with van der Waals surface area (Å²) in [6.45, 7) is 0. The van der Waals surface area contributed by atoms with Gasteiger partial charge in [-0.05, 0) is 24.3 Å². The zero-order valence-electron chi connectivity index (χ0n) is 11.2. The fourth-order valence-corrected chi connectivity index (χ4v) is 1.71. The molecule has 0 fully saturated rings. The summed E-state index contributed by atoms with van der Waals surface area (Å²) in [7, 11) is 3.77. The van der Waals surface area contributed by atoms with Crippen molar-refractivity contribution < 1.29 is 9.13 Å². The Bertz CT molecular complexity index is 677. The van der Waals surface area contributed by atoms with E-state index < -0.39 is 5.82 Å². The number of halogens is 1. The van der Waals surface area contributed by atoms with Crippen LogP contribution < -0.4 is 15.4 Å². The molecule has 2 aromatic rings. The van der Waals surface area contributed by atoms with E-state index in [1.54, 1.807) is 18.2 Å². The van der Waals surface area contributed by atoms with Gasteiger partial charge in [-0.1, -0.05) is 6.07 Å².